The summed E-state index contributed by atoms with van der Waals surface area (Å²) in [5.41, 5.74) is -1.58. The first-order chi connectivity index (χ1) is 5.44. The number of rotatable bonds is 2. The molecule has 12 heavy (non-hydrogen) atoms. The van der Waals surface area contributed by atoms with Crippen molar-refractivity contribution in [3.63, 3.8) is 0 Å². The molecular formula is C7H10N2O3. The molecule has 2 N–H and O–H groups in total. The highest BCUT2D eigenvalue weighted by atomic mass is 16.4. The molecule has 0 aromatic carbocycles. The van der Waals surface area contributed by atoms with E-state index in [-0.39, 0.29) is 5.56 Å². The van der Waals surface area contributed by atoms with Gasteiger partial charge < -0.3 is 10.2 Å². The van der Waals surface area contributed by atoms with Crippen molar-refractivity contribution in [2.24, 2.45) is 7.05 Å². The highest BCUT2D eigenvalue weighted by molar-refractivity contribution is 5.78. The van der Waals surface area contributed by atoms with Crippen LogP contribution in [0.25, 0.3) is 0 Å². The van der Waals surface area contributed by atoms with E-state index in [1.165, 1.54) is 24.0 Å². The first kappa shape index (κ1) is 8.73. The van der Waals surface area contributed by atoms with Crippen LogP contribution in [0.15, 0.2) is 12.4 Å². The second-order valence-corrected chi connectivity index (χ2v) is 2.78. The third-order valence-corrected chi connectivity index (χ3v) is 1.68. The third-order valence-electron chi connectivity index (χ3n) is 1.68. The monoisotopic (exact) mass is 170 g/mol. The van der Waals surface area contributed by atoms with Crippen molar-refractivity contribution in [3.8, 4) is 0 Å². The van der Waals surface area contributed by atoms with Crippen LogP contribution in [0.1, 0.15) is 12.5 Å². The first-order valence-electron chi connectivity index (χ1n) is 3.39. The van der Waals surface area contributed by atoms with Gasteiger partial charge in [0, 0.05) is 18.8 Å². The Morgan fingerprint density at radius 1 is 1.75 bits per heavy atom. The van der Waals surface area contributed by atoms with Crippen LogP contribution in [0.4, 0.5) is 0 Å². The van der Waals surface area contributed by atoms with Crippen molar-refractivity contribution < 1.29 is 15.0 Å². The van der Waals surface area contributed by atoms with Crippen molar-refractivity contribution >= 4 is 5.97 Å². The summed E-state index contributed by atoms with van der Waals surface area (Å²) in [5.74, 6) is -1.28. The van der Waals surface area contributed by atoms with Crippen molar-refractivity contribution in [3.05, 3.63) is 18.0 Å². The third kappa shape index (κ3) is 1.31. The molecule has 66 valence electrons. The maximum atomic E-state index is 10.5. The number of hydrogen-bond donors (Lipinski definition) is 2. The molecule has 0 aliphatic carbocycles. The SMILES string of the molecule is Cn1cc(C(C)(O)C(=O)O)cn1. The Morgan fingerprint density at radius 2 is 2.33 bits per heavy atom. The zero-order valence-electron chi connectivity index (χ0n) is 6.85. The highest BCUT2D eigenvalue weighted by Crippen LogP contribution is 2.19. The lowest BCUT2D eigenvalue weighted by atomic mass is 10.0. The van der Waals surface area contributed by atoms with Crippen LogP contribution in [0.5, 0.6) is 0 Å². The van der Waals surface area contributed by atoms with Crippen LogP contribution in [-0.2, 0) is 17.4 Å². The summed E-state index contributed by atoms with van der Waals surface area (Å²) in [6.45, 7) is 1.21. The van der Waals surface area contributed by atoms with Crippen molar-refractivity contribution in [2.75, 3.05) is 0 Å². The first-order valence-corrected chi connectivity index (χ1v) is 3.39. The number of carboxylic acids is 1. The molecule has 0 aliphatic heterocycles. The lowest BCUT2D eigenvalue weighted by molar-refractivity contribution is -0.157. The number of hydrogen-bond acceptors (Lipinski definition) is 3. The van der Waals surface area contributed by atoms with Gasteiger partial charge in [-0.15, -0.1) is 0 Å². The summed E-state index contributed by atoms with van der Waals surface area (Å²) in [6, 6.07) is 0. The van der Waals surface area contributed by atoms with E-state index in [4.69, 9.17) is 5.11 Å². The Bertz CT molecular complexity index is 303. The molecule has 1 rings (SSSR count). The molecule has 1 atom stereocenters. The zero-order valence-corrected chi connectivity index (χ0v) is 6.85. The number of aliphatic hydroxyl groups is 1. The van der Waals surface area contributed by atoms with Crippen molar-refractivity contribution in [1.29, 1.82) is 0 Å². The van der Waals surface area contributed by atoms with Gasteiger partial charge in [-0.1, -0.05) is 0 Å². The molecular weight excluding hydrogens is 160 g/mol. The highest BCUT2D eigenvalue weighted by Gasteiger charge is 2.33. The predicted octanol–water partition coefficient (Wildman–Crippen LogP) is -0.288. The van der Waals surface area contributed by atoms with Gasteiger partial charge in [0.2, 0.25) is 0 Å². The second-order valence-electron chi connectivity index (χ2n) is 2.78. The largest absolute Gasteiger partial charge is 0.479 e. The molecule has 0 amide bonds. The molecule has 0 radical (unpaired) electrons. The predicted molar refractivity (Wildman–Crippen MR) is 40.4 cm³/mol. The molecule has 1 heterocycles. The van der Waals surface area contributed by atoms with Gasteiger partial charge in [0.15, 0.2) is 5.60 Å². The molecule has 5 heteroatoms. The zero-order chi connectivity index (χ0) is 9.35. The van der Waals surface area contributed by atoms with Gasteiger partial charge in [-0.2, -0.15) is 5.10 Å². The number of nitrogens with zero attached hydrogens (tertiary/aromatic N) is 2. The van der Waals surface area contributed by atoms with Gasteiger partial charge >= 0.3 is 5.97 Å². The Kier molecular flexibility index (Phi) is 1.89. The molecule has 0 saturated heterocycles. The number of aryl methyl sites for hydroxylation is 1. The number of aliphatic carboxylic acids is 1. The van der Waals surface area contributed by atoms with E-state index in [0.29, 0.717) is 0 Å². The summed E-state index contributed by atoms with van der Waals surface area (Å²) in [5, 5.41) is 21.8. The minimum Gasteiger partial charge on any atom is -0.479 e. The Morgan fingerprint density at radius 3 is 2.67 bits per heavy atom. The van der Waals surface area contributed by atoms with E-state index in [1.54, 1.807) is 7.05 Å². The molecule has 0 fully saturated rings. The summed E-state index contributed by atoms with van der Waals surface area (Å²) < 4.78 is 1.44. The molecule has 0 spiro atoms. The fraction of sp³-hybridized carbons (Fsp3) is 0.429. The van der Waals surface area contributed by atoms with Crippen LogP contribution in [0, 0.1) is 0 Å². The van der Waals surface area contributed by atoms with Gasteiger partial charge in [-0.3, -0.25) is 4.68 Å². The maximum absolute atomic E-state index is 10.5. The Labute approximate surface area is 69.2 Å². The fourth-order valence-corrected chi connectivity index (χ4v) is 0.796. The van der Waals surface area contributed by atoms with E-state index in [0.717, 1.165) is 0 Å². The average Bonchev–Trinajstić information content (AvgIpc) is 2.35. The van der Waals surface area contributed by atoms with Crippen molar-refractivity contribution in [1.82, 2.24) is 9.78 Å². The maximum Gasteiger partial charge on any atom is 0.340 e. The molecule has 5 nitrogen and oxygen atoms in total. The van der Waals surface area contributed by atoms with Crippen LogP contribution in [-0.4, -0.2) is 26.0 Å². The molecule has 0 saturated carbocycles. The van der Waals surface area contributed by atoms with E-state index < -0.39 is 11.6 Å². The number of carbonyl (C=O) groups is 1. The van der Waals surface area contributed by atoms with Gasteiger partial charge in [-0.05, 0) is 6.92 Å². The van der Waals surface area contributed by atoms with E-state index in [2.05, 4.69) is 5.10 Å². The summed E-state index contributed by atoms with van der Waals surface area (Å²) >= 11 is 0. The molecule has 0 aliphatic rings. The van der Waals surface area contributed by atoms with E-state index in [1.807, 2.05) is 0 Å². The minimum absolute atomic E-state index is 0.275. The fourth-order valence-electron chi connectivity index (χ4n) is 0.796. The van der Waals surface area contributed by atoms with Gasteiger partial charge in [-0.25, -0.2) is 4.79 Å². The normalized spacial score (nSPS) is 15.6. The minimum atomic E-state index is -1.85. The number of carboxylic acid groups (broad SMARTS) is 1. The number of aromatic nitrogens is 2. The van der Waals surface area contributed by atoms with Crippen LogP contribution in [0.3, 0.4) is 0 Å². The molecule has 1 aromatic rings. The average molecular weight is 170 g/mol. The van der Waals surface area contributed by atoms with Crippen LogP contribution < -0.4 is 0 Å². The van der Waals surface area contributed by atoms with Crippen LogP contribution in [0.2, 0.25) is 0 Å². The summed E-state index contributed by atoms with van der Waals surface area (Å²) in [7, 11) is 1.65. The second kappa shape index (κ2) is 2.60. The smallest absolute Gasteiger partial charge is 0.340 e. The van der Waals surface area contributed by atoms with Gasteiger partial charge in [0.05, 0.1) is 6.20 Å². The molecule has 1 aromatic heterocycles. The Hall–Kier alpha value is -1.36. The van der Waals surface area contributed by atoms with Crippen molar-refractivity contribution in [2.45, 2.75) is 12.5 Å². The Balaban J connectivity index is 3.05. The van der Waals surface area contributed by atoms with Crippen LogP contribution >= 0.6 is 0 Å². The van der Waals surface area contributed by atoms with E-state index >= 15 is 0 Å². The quantitative estimate of drug-likeness (QED) is 0.639. The molecule has 1 unspecified atom stereocenters. The standard InChI is InChI=1S/C7H10N2O3/c1-7(12,6(10)11)5-3-8-9(2)4-5/h3-4,12H,1-2H3,(H,10,11). The molecule has 0 bridgehead atoms. The summed E-state index contributed by atoms with van der Waals surface area (Å²) in [6.07, 6.45) is 2.79. The lowest BCUT2D eigenvalue weighted by Crippen LogP contribution is -2.31. The van der Waals surface area contributed by atoms with E-state index in [9.17, 15) is 9.90 Å². The van der Waals surface area contributed by atoms with Gasteiger partial charge in [0.25, 0.3) is 0 Å². The topological polar surface area (TPSA) is 75.4 Å². The summed E-state index contributed by atoms with van der Waals surface area (Å²) in [4.78, 5) is 10.5. The lowest BCUT2D eigenvalue weighted by Gasteiger charge is -2.14. The van der Waals surface area contributed by atoms with Gasteiger partial charge in [0.1, 0.15) is 0 Å².